The fourth-order valence-corrected chi connectivity index (χ4v) is 5.19. The van der Waals surface area contributed by atoms with Crippen LogP contribution < -0.4 is 0 Å². The first kappa shape index (κ1) is 22.1. The molecule has 0 aromatic carbocycles. The number of hydrogen-bond donors (Lipinski definition) is 1. The van der Waals surface area contributed by atoms with Gasteiger partial charge in [-0.15, -0.1) is 0 Å². The summed E-state index contributed by atoms with van der Waals surface area (Å²) in [4.78, 5) is 24.1. The molecule has 1 fully saturated rings. The number of ether oxygens (including phenoxy) is 2. The van der Waals surface area contributed by atoms with Crippen molar-refractivity contribution in [1.29, 1.82) is 0 Å². The third-order valence-electron chi connectivity index (χ3n) is 6.51. The van der Waals surface area contributed by atoms with Crippen molar-refractivity contribution >= 4 is 11.9 Å². The maximum Gasteiger partial charge on any atom is 0.308 e. The van der Waals surface area contributed by atoms with Gasteiger partial charge in [-0.1, -0.05) is 45.9 Å². The molecule has 1 aliphatic heterocycles. The highest BCUT2D eigenvalue weighted by atomic mass is 16.5. The molecule has 29 heavy (non-hydrogen) atoms. The van der Waals surface area contributed by atoms with Crippen LogP contribution in [0.1, 0.15) is 66.2 Å². The van der Waals surface area contributed by atoms with Crippen LogP contribution in [0.4, 0.5) is 0 Å². The standard InChI is InChI=1S/C24H36O5/c1-14(2)9-22(26)29-21-11-15(3)10-17-6-5-16(4)20(24(17)21)8-7-19-12-18(25)13-23(27)28-19/h5-6,10,14-16,18-21,24-25H,7-9,11-13H2,1-4H3/t15-,16-,18+,19+,20-,21-,24?/m0/s1. The first-order valence-electron chi connectivity index (χ1n) is 11.2. The lowest BCUT2D eigenvalue weighted by Crippen LogP contribution is -2.41. The molecular weight excluding hydrogens is 368 g/mol. The third kappa shape index (κ3) is 5.71. The molecule has 5 nitrogen and oxygen atoms in total. The zero-order chi connectivity index (χ0) is 21.1. The van der Waals surface area contributed by atoms with Gasteiger partial charge in [0.1, 0.15) is 12.2 Å². The van der Waals surface area contributed by atoms with Crippen LogP contribution in [0.15, 0.2) is 23.8 Å². The largest absolute Gasteiger partial charge is 0.462 e. The molecule has 0 bridgehead atoms. The Morgan fingerprint density at radius 3 is 2.72 bits per heavy atom. The molecule has 1 unspecified atom stereocenters. The molecule has 3 aliphatic rings. The van der Waals surface area contributed by atoms with Crippen molar-refractivity contribution in [2.24, 2.45) is 29.6 Å². The molecule has 0 spiro atoms. The lowest BCUT2D eigenvalue weighted by Gasteiger charge is -2.43. The number of carbonyl (C=O) groups is 2. The van der Waals surface area contributed by atoms with E-state index in [2.05, 4.69) is 32.1 Å². The van der Waals surface area contributed by atoms with Crippen molar-refractivity contribution in [3.8, 4) is 0 Å². The van der Waals surface area contributed by atoms with E-state index in [9.17, 15) is 14.7 Å². The van der Waals surface area contributed by atoms with Gasteiger partial charge in [0.05, 0.1) is 12.5 Å². The smallest absolute Gasteiger partial charge is 0.308 e. The second kappa shape index (κ2) is 9.46. The number of fused-ring (bicyclic) bond motifs is 1. The first-order chi connectivity index (χ1) is 13.7. The summed E-state index contributed by atoms with van der Waals surface area (Å²) in [6, 6.07) is 0. The molecule has 5 heteroatoms. The van der Waals surface area contributed by atoms with Crippen LogP contribution in [0.5, 0.6) is 0 Å². The van der Waals surface area contributed by atoms with E-state index in [1.165, 1.54) is 5.57 Å². The van der Waals surface area contributed by atoms with Gasteiger partial charge in [-0.2, -0.15) is 0 Å². The summed E-state index contributed by atoms with van der Waals surface area (Å²) in [5.41, 5.74) is 1.27. The van der Waals surface area contributed by atoms with Crippen LogP contribution >= 0.6 is 0 Å². The summed E-state index contributed by atoms with van der Waals surface area (Å²) >= 11 is 0. The SMILES string of the molecule is CC(C)CC(=O)O[C@H]1C[C@@H](C)C=C2C=C[C@H](C)[C@H](CC[C@@H]3C[C@@H](O)CC(=O)O3)C21. The van der Waals surface area contributed by atoms with Crippen LogP contribution in [-0.4, -0.2) is 35.4 Å². The minimum atomic E-state index is -0.597. The van der Waals surface area contributed by atoms with Gasteiger partial charge < -0.3 is 14.6 Å². The van der Waals surface area contributed by atoms with Crippen molar-refractivity contribution in [3.63, 3.8) is 0 Å². The Bertz CT molecular complexity index is 664. The van der Waals surface area contributed by atoms with Crippen LogP contribution in [0.25, 0.3) is 0 Å². The van der Waals surface area contributed by atoms with Crippen molar-refractivity contribution in [1.82, 2.24) is 0 Å². The van der Waals surface area contributed by atoms with Gasteiger partial charge >= 0.3 is 11.9 Å². The molecule has 0 amide bonds. The van der Waals surface area contributed by atoms with E-state index in [1.54, 1.807) is 0 Å². The second-order valence-corrected chi connectivity index (χ2v) is 9.70. The van der Waals surface area contributed by atoms with Gasteiger partial charge in [-0.3, -0.25) is 9.59 Å². The quantitative estimate of drug-likeness (QED) is 0.672. The van der Waals surface area contributed by atoms with Gasteiger partial charge in [-0.25, -0.2) is 0 Å². The average molecular weight is 405 g/mol. The lowest BCUT2D eigenvalue weighted by atomic mass is 9.65. The van der Waals surface area contributed by atoms with Crippen molar-refractivity contribution in [2.75, 3.05) is 0 Å². The summed E-state index contributed by atoms with van der Waals surface area (Å²) in [5.74, 6) is 1.13. The Morgan fingerprint density at radius 1 is 1.28 bits per heavy atom. The monoisotopic (exact) mass is 404 g/mol. The number of aliphatic hydroxyl groups excluding tert-OH is 1. The van der Waals surface area contributed by atoms with Crippen LogP contribution in [0, 0.1) is 29.6 Å². The average Bonchev–Trinajstić information content (AvgIpc) is 2.59. The van der Waals surface area contributed by atoms with E-state index in [0.717, 1.165) is 19.3 Å². The molecule has 1 N–H and O–H groups in total. The van der Waals surface area contributed by atoms with Gasteiger partial charge in [0.25, 0.3) is 0 Å². The molecule has 3 rings (SSSR count). The van der Waals surface area contributed by atoms with E-state index in [0.29, 0.717) is 30.6 Å². The highest BCUT2D eigenvalue weighted by Gasteiger charge is 2.41. The zero-order valence-corrected chi connectivity index (χ0v) is 18.2. The minimum Gasteiger partial charge on any atom is -0.462 e. The Kier molecular flexibility index (Phi) is 7.20. The maximum absolute atomic E-state index is 12.4. The lowest BCUT2D eigenvalue weighted by molar-refractivity contribution is -0.161. The fourth-order valence-electron chi connectivity index (χ4n) is 5.19. The number of carbonyl (C=O) groups excluding carboxylic acids is 2. The minimum absolute atomic E-state index is 0.0976. The van der Waals surface area contributed by atoms with Crippen LogP contribution in [-0.2, 0) is 19.1 Å². The molecule has 7 atom stereocenters. The highest BCUT2D eigenvalue weighted by molar-refractivity contribution is 5.71. The number of allylic oxidation sites excluding steroid dienone is 3. The first-order valence-corrected chi connectivity index (χ1v) is 11.2. The zero-order valence-electron chi connectivity index (χ0n) is 18.2. The topological polar surface area (TPSA) is 72.8 Å². The molecule has 0 saturated carbocycles. The van der Waals surface area contributed by atoms with Gasteiger partial charge in [0.2, 0.25) is 0 Å². The Labute approximate surface area is 174 Å². The van der Waals surface area contributed by atoms with E-state index in [4.69, 9.17) is 9.47 Å². The predicted molar refractivity (Wildman–Crippen MR) is 111 cm³/mol. The third-order valence-corrected chi connectivity index (χ3v) is 6.51. The van der Waals surface area contributed by atoms with E-state index >= 15 is 0 Å². The van der Waals surface area contributed by atoms with Crippen LogP contribution in [0.2, 0.25) is 0 Å². The highest BCUT2D eigenvalue weighted by Crippen LogP contribution is 2.45. The Hall–Kier alpha value is -1.62. The van der Waals surface area contributed by atoms with Crippen molar-refractivity contribution < 1.29 is 24.2 Å². The summed E-state index contributed by atoms with van der Waals surface area (Å²) in [6.45, 7) is 8.45. The summed E-state index contributed by atoms with van der Waals surface area (Å²) in [6.07, 6.45) is 9.37. The van der Waals surface area contributed by atoms with E-state index in [1.807, 2.05) is 13.8 Å². The van der Waals surface area contributed by atoms with Gasteiger partial charge in [0, 0.05) is 18.8 Å². The van der Waals surface area contributed by atoms with Crippen LogP contribution in [0.3, 0.4) is 0 Å². The van der Waals surface area contributed by atoms with Gasteiger partial charge in [-0.05, 0) is 48.5 Å². The molecule has 1 saturated heterocycles. The Balaban J connectivity index is 1.72. The van der Waals surface area contributed by atoms with E-state index < -0.39 is 6.10 Å². The predicted octanol–water partition coefficient (Wildman–Crippen LogP) is 4.20. The maximum atomic E-state index is 12.4. The second-order valence-electron chi connectivity index (χ2n) is 9.70. The Morgan fingerprint density at radius 2 is 2.03 bits per heavy atom. The van der Waals surface area contributed by atoms with E-state index in [-0.39, 0.29) is 42.4 Å². The molecule has 0 aromatic rings. The van der Waals surface area contributed by atoms with Crippen molar-refractivity contribution in [2.45, 2.75) is 84.5 Å². The molecule has 1 heterocycles. The number of cyclic esters (lactones) is 1. The number of rotatable bonds is 6. The number of aliphatic hydroxyl groups is 1. The molecule has 2 aliphatic carbocycles. The normalized spacial score (nSPS) is 37.0. The fraction of sp³-hybridized carbons (Fsp3) is 0.750. The molecule has 0 radical (unpaired) electrons. The number of esters is 2. The molecule has 162 valence electrons. The molecule has 0 aromatic heterocycles. The summed E-state index contributed by atoms with van der Waals surface area (Å²) in [7, 11) is 0. The van der Waals surface area contributed by atoms with Crippen molar-refractivity contribution in [3.05, 3.63) is 23.8 Å². The van der Waals surface area contributed by atoms with Gasteiger partial charge in [0.15, 0.2) is 0 Å². The number of hydrogen-bond acceptors (Lipinski definition) is 5. The summed E-state index contributed by atoms with van der Waals surface area (Å²) in [5, 5.41) is 9.89. The summed E-state index contributed by atoms with van der Waals surface area (Å²) < 4.78 is 11.5. The molecular formula is C24H36O5.